The van der Waals surface area contributed by atoms with E-state index in [9.17, 15) is 0 Å². The van der Waals surface area contributed by atoms with Gasteiger partial charge in [-0.3, -0.25) is 10.8 Å². The molecule has 1 heterocycles. The van der Waals surface area contributed by atoms with Crippen LogP contribution in [0.4, 0.5) is 0 Å². The van der Waals surface area contributed by atoms with Crippen LogP contribution in [0.2, 0.25) is 0 Å². The second kappa shape index (κ2) is 9.02. The molecular formula is C17H19Cl2N7O. The molecule has 3 rings (SSSR count). The molecule has 10 heteroatoms. The van der Waals surface area contributed by atoms with Gasteiger partial charge in [0.1, 0.15) is 28.8 Å². The number of rotatable bonds is 5. The van der Waals surface area contributed by atoms with Crippen LogP contribution in [-0.2, 0) is 0 Å². The van der Waals surface area contributed by atoms with Gasteiger partial charge < -0.3 is 16.2 Å². The number of ether oxygens (including phenoxy) is 1. The molecule has 0 spiro atoms. The Morgan fingerprint density at radius 2 is 1.67 bits per heavy atom. The Labute approximate surface area is 168 Å². The highest BCUT2D eigenvalue weighted by Crippen LogP contribution is 2.25. The number of aromatic nitrogens is 3. The summed E-state index contributed by atoms with van der Waals surface area (Å²) in [5.41, 5.74) is 14.3. The Morgan fingerprint density at radius 1 is 1.00 bits per heavy atom. The van der Waals surface area contributed by atoms with Crippen molar-refractivity contribution >= 4 is 36.5 Å². The molecule has 1 aromatic heterocycles. The van der Waals surface area contributed by atoms with Gasteiger partial charge in [-0.05, 0) is 24.3 Å². The van der Waals surface area contributed by atoms with Crippen molar-refractivity contribution in [2.75, 3.05) is 7.11 Å². The summed E-state index contributed by atoms with van der Waals surface area (Å²) in [5, 5.41) is 23.4. The van der Waals surface area contributed by atoms with Gasteiger partial charge in [-0.15, -0.1) is 29.9 Å². The minimum Gasteiger partial charge on any atom is -0.494 e. The number of benzene rings is 2. The second-order valence-corrected chi connectivity index (χ2v) is 5.34. The summed E-state index contributed by atoms with van der Waals surface area (Å²) < 4.78 is 6.95. The molecule has 0 atom stereocenters. The van der Waals surface area contributed by atoms with E-state index in [1.807, 2.05) is 12.1 Å². The van der Waals surface area contributed by atoms with Crippen LogP contribution in [0.3, 0.4) is 0 Å². The Balaban J connectivity index is 0.00000182. The number of nitrogens with two attached hydrogens (primary N) is 2. The largest absolute Gasteiger partial charge is 0.494 e. The topological polar surface area (TPSA) is 140 Å². The molecule has 3 aromatic rings. The van der Waals surface area contributed by atoms with Crippen molar-refractivity contribution in [3.63, 3.8) is 0 Å². The van der Waals surface area contributed by atoms with Crippen LogP contribution in [0.15, 0.2) is 48.7 Å². The lowest BCUT2D eigenvalue weighted by atomic mass is 10.1. The summed E-state index contributed by atoms with van der Waals surface area (Å²) in [6.45, 7) is 0. The average molecular weight is 408 g/mol. The van der Waals surface area contributed by atoms with Crippen molar-refractivity contribution < 1.29 is 4.74 Å². The van der Waals surface area contributed by atoms with E-state index in [1.165, 1.54) is 7.11 Å². The number of methoxy groups -OCH3 is 1. The van der Waals surface area contributed by atoms with Crippen LogP contribution in [-0.4, -0.2) is 33.8 Å². The Hall–Kier alpha value is -3.10. The zero-order valence-electron chi connectivity index (χ0n) is 14.3. The van der Waals surface area contributed by atoms with Gasteiger partial charge in [0.05, 0.1) is 13.3 Å². The number of hydrogen-bond acceptors (Lipinski definition) is 5. The first-order valence-corrected chi connectivity index (χ1v) is 7.39. The van der Waals surface area contributed by atoms with Gasteiger partial charge in [0, 0.05) is 16.7 Å². The van der Waals surface area contributed by atoms with E-state index in [4.69, 9.17) is 27.0 Å². The van der Waals surface area contributed by atoms with Crippen LogP contribution in [0.5, 0.6) is 5.75 Å². The fourth-order valence-electron chi connectivity index (χ4n) is 2.39. The van der Waals surface area contributed by atoms with E-state index in [-0.39, 0.29) is 36.5 Å². The van der Waals surface area contributed by atoms with Crippen LogP contribution in [0.1, 0.15) is 11.1 Å². The highest BCUT2D eigenvalue weighted by Gasteiger charge is 2.12. The second-order valence-electron chi connectivity index (χ2n) is 5.34. The average Bonchev–Trinajstić information content (AvgIpc) is 3.11. The van der Waals surface area contributed by atoms with Crippen LogP contribution >= 0.6 is 24.8 Å². The molecule has 0 aliphatic carbocycles. The summed E-state index contributed by atoms with van der Waals surface area (Å²) >= 11 is 0. The predicted octanol–water partition coefficient (Wildman–Crippen LogP) is 2.35. The van der Waals surface area contributed by atoms with Crippen molar-refractivity contribution in [3.8, 4) is 22.7 Å². The zero-order valence-corrected chi connectivity index (χ0v) is 16.0. The van der Waals surface area contributed by atoms with E-state index in [0.29, 0.717) is 28.3 Å². The summed E-state index contributed by atoms with van der Waals surface area (Å²) in [7, 11) is 1.54. The molecule has 6 N–H and O–H groups in total. The number of amidine groups is 2. The monoisotopic (exact) mass is 407 g/mol. The lowest BCUT2D eigenvalue weighted by Gasteiger charge is -2.09. The number of nitrogen functional groups attached to an aromatic ring is 2. The molecule has 0 saturated carbocycles. The standard InChI is InChI=1S/C17H17N7O.2ClH/c1-25-15-8-12(17(20)21)5-6-14(15)24-9-13(22-23-24)10-3-2-4-11(7-10)16(18)19;;/h2-9H,1H3,(H3,18,19)(H3,20,21);2*1H. The normalized spacial score (nSPS) is 9.67. The molecule has 2 aromatic carbocycles. The van der Waals surface area contributed by atoms with Gasteiger partial charge in [0.15, 0.2) is 0 Å². The van der Waals surface area contributed by atoms with E-state index >= 15 is 0 Å². The molecule has 0 aliphatic heterocycles. The molecule has 0 bridgehead atoms. The van der Waals surface area contributed by atoms with E-state index in [1.54, 1.807) is 41.2 Å². The lowest BCUT2D eigenvalue weighted by Crippen LogP contribution is -2.11. The Morgan fingerprint density at radius 3 is 2.30 bits per heavy atom. The van der Waals surface area contributed by atoms with E-state index in [2.05, 4.69) is 10.3 Å². The number of nitrogens with one attached hydrogen (secondary N) is 2. The third-order valence-corrected chi connectivity index (χ3v) is 3.70. The van der Waals surface area contributed by atoms with Gasteiger partial charge in [-0.25, -0.2) is 4.68 Å². The number of nitrogens with zero attached hydrogens (tertiary/aromatic N) is 3. The Kier molecular flexibility index (Phi) is 7.33. The van der Waals surface area contributed by atoms with Crippen LogP contribution in [0.25, 0.3) is 16.9 Å². The quantitative estimate of drug-likeness (QED) is 0.379. The number of halogens is 2. The highest BCUT2D eigenvalue weighted by atomic mass is 35.5. The lowest BCUT2D eigenvalue weighted by molar-refractivity contribution is 0.411. The maximum absolute atomic E-state index is 7.53. The van der Waals surface area contributed by atoms with Crippen molar-refractivity contribution in [3.05, 3.63) is 59.8 Å². The van der Waals surface area contributed by atoms with Gasteiger partial charge >= 0.3 is 0 Å². The van der Waals surface area contributed by atoms with Crippen molar-refractivity contribution in [1.82, 2.24) is 15.0 Å². The van der Waals surface area contributed by atoms with Crippen molar-refractivity contribution in [2.24, 2.45) is 11.5 Å². The molecule has 0 amide bonds. The Bertz CT molecular complexity index is 971. The molecule has 0 saturated heterocycles. The van der Waals surface area contributed by atoms with Crippen LogP contribution < -0.4 is 16.2 Å². The zero-order chi connectivity index (χ0) is 18.0. The van der Waals surface area contributed by atoms with Gasteiger partial charge in [0.2, 0.25) is 0 Å². The maximum Gasteiger partial charge on any atom is 0.145 e. The third kappa shape index (κ3) is 4.55. The van der Waals surface area contributed by atoms with Crippen LogP contribution in [0, 0.1) is 10.8 Å². The third-order valence-electron chi connectivity index (χ3n) is 3.70. The molecule has 142 valence electrons. The minimum atomic E-state index is -0.0369. The predicted molar refractivity (Wildman–Crippen MR) is 110 cm³/mol. The maximum atomic E-state index is 7.53. The first-order valence-electron chi connectivity index (χ1n) is 7.39. The first-order chi connectivity index (χ1) is 12.0. The van der Waals surface area contributed by atoms with Gasteiger partial charge in [-0.2, -0.15) is 0 Å². The highest BCUT2D eigenvalue weighted by molar-refractivity contribution is 5.96. The fraction of sp³-hybridized carbons (Fsp3) is 0.0588. The summed E-state index contributed by atoms with van der Waals surface area (Å²) in [6, 6.07) is 12.4. The van der Waals surface area contributed by atoms with Crippen molar-refractivity contribution in [1.29, 1.82) is 10.8 Å². The van der Waals surface area contributed by atoms with Gasteiger partial charge in [0.25, 0.3) is 0 Å². The van der Waals surface area contributed by atoms with Gasteiger partial charge in [-0.1, -0.05) is 23.4 Å². The molecule has 0 aliphatic rings. The molecule has 0 unspecified atom stereocenters. The SMILES string of the molecule is COc1cc(C(=N)N)ccc1-n1cc(-c2cccc(C(=N)N)c2)nn1.Cl.Cl. The molecule has 0 fully saturated rings. The minimum absolute atomic E-state index is 0. The first kappa shape index (κ1) is 21.9. The summed E-state index contributed by atoms with van der Waals surface area (Å²) in [5.74, 6) is 0.488. The summed E-state index contributed by atoms with van der Waals surface area (Å²) in [4.78, 5) is 0. The van der Waals surface area contributed by atoms with E-state index in [0.717, 1.165) is 5.56 Å². The smallest absolute Gasteiger partial charge is 0.145 e. The van der Waals surface area contributed by atoms with E-state index < -0.39 is 0 Å². The fourth-order valence-corrected chi connectivity index (χ4v) is 2.39. The number of hydrogen-bond donors (Lipinski definition) is 4. The molecular weight excluding hydrogens is 389 g/mol. The molecule has 0 radical (unpaired) electrons. The summed E-state index contributed by atoms with van der Waals surface area (Å²) in [6.07, 6.45) is 1.75. The molecule has 8 nitrogen and oxygen atoms in total. The molecule has 27 heavy (non-hydrogen) atoms. The van der Waals surface area contributed by atoms with Crippen molar-refractivity contribution in [2.45, 2.75) is 0 Å².